The molecule has 3 rings (SSSR count). The third kappa shape index (κ3) is 2.77. The van der Waals surface area contributed by atoms with Crippen molar-refractivity contribution in [2.45, 2.75) is 19.1 Å². The molecule has 1 atom stereocenters. The van der Waals surface area contributed by atoms with Crippen molar-refractivity contribution in [3.8, 4) is 0 Å². The van der Waals surface area contributed by atoms with E-state index in [2.05, 4.69) is 14.6 Å². The van der Waals surface area contributed by atoms with Crippen LogP contribution < -0.4 is 0 Å². The van der Waals surface area contributed by atoms with Crippen LogP contribution in [0, 0.1) is 0 Å². The van der Waals surface area contributed by atoms with Gasteiger partial charge in [-0.05, 0) is 13.0 Å². The number of fused-ring (bicyclic) bond motifs is 2. The third-order valence-corrected chi connectivity index (χ3v) is 3.36. The number of hydrogen-bond acceptors (Lipinski definition) is 6. The highest BCUT2D eigenvalue weighted by molar-refractivity contribution is 5.82. The molecule has 8 nitrogen and oxygen atoms in total. The Morgan fingerprint density at radius 2 is 2.35 bits per heavy atom. The molecule has 0 saturated carbocycles. The van der Waals surface area contributed by atoms with Crippen LogP contribution in [0.15, 0.2) is 23.0 Å². The molecular formula is C13H13F2N3O5. The highest BCUT2D eigenvalue weighted by Gasteiger charge is 2.51. The van der Waals surface area contributed by atoms with Crippen molar-refractivity contribution in [2.24, 2.45) is 0 Å². The third-order valence-electron chi connectivity index (χ3n) is 3.36. The maximum atomic E-state index is 13.7. The second-order valence-corrected chi connectivity index (χ2v) is 4.91. The monoisotopic (exact) mass is 329 g/mol. The lowest BCUT2D eigenvalue weighted by Gasteiger charge is -2.23. The average molecular weight is 329 g/mol. The smallest absolute Gasteiger partial charge is 0.460 e. The molecule has 1 saturated heterocycles. The number of alkyl halides is 2. The molecule has 1 aromatic heterocycles. The zero-order valence-electron chi connectivity index (χ0n) is 12.1. The number of amides is 2. The molecule has 3 heterocycles. The Morgan fingerprint density at radius 3 is 3.00 bits per heavy atom. The van der Waals surface area contributed by atoms with Crippen molar-refractivity contribution < 1.29 is 32.4 Å². The van der Waals surface area contributed by atoms with Gasteiger partial charge in [0.05, 0.1) is 25.4 Å². The lowest BCUT2D eigenvalue weighted by Crippen LogP contribution is -2.44. The van der Waals surface area contributed by atoms with E-state index in [1.54, 1.807) is 6.08 Å². The van der Waals surface area contributed by atoms with E-state index in [0.29, 0.717) is 16.5 Å². The first-order valence-electron chi connectivity index (χ1n) is 6.85. The van der Waals surface area contributed by atoms with Gasteiger partial charge in [-0.3, -0.25) is 0 Å². The summed E-state index contributed by atoms with van der Waals surface area (Å²) in [7, 11) is 0. The van der Waals surface area contributed by atoms with Crippen molar-refractivity contribution in [1.82, 2.24) is 14.9 Å². The molecule has 10 heteroatoms. The van der Waals surface area contributed by atoms with Crippen LogP contribution in [0.25, 0.3) is 5.57 Å². The Morgan fingerprint density at radius 1 is 1.57 bits per heavy atom. The zero-order valence-corrected chi connectivity index (χ0v) is 12.1. The molecular weight excluding hydrogens is 316 g/mol. The van der Waals surface area contributed by atoms with Gasteiger partial charge in [0, 0.05) is 12.1 Å². The summed E-state index contributed by atoms with van der Waals surface area (Å²) in [5.74, 6) is -1.55. The number of hydroxylamine groups is 2. The number of aromatic nitrogens is 1. The van der Waals surface area contributed by atoms with Crippen LogP contribution in [0.5, 0.6) is 0 Å². The second-order valence-electron chi connectivity index (χ2n) is 4.91. The van der Waals surface area contributed by atoms with Crippen LogP contribution >= 0.6 is 0 Å². The van der Waals surface area contributed by atoms with Gasteiger partial charge in [0.15, 0.2) is 0 Å². The first-order chi connectivity index (χ1) is 10.9. The van der Waals surface area contributed by atoms with Crippen molar-refractivity contribution in [1.29, 1.82) is 0 Å². The van der Waals surface area contributed by atoms with Crippen molar-refractivity contribution in [2.75, 3.05) is 19.7 Å². The lowest BCUT2D eigenvalue weighted by molar-refractivity contribution is -0.326. The summed E-state index contributed by atoms with van der Waals surface area (Å²) in [5.41, 5.74) is 0.574. The molecule has 0 aromatic carbocycles. The van der Waals surface area contributed by atoms with E-state index < -0.39 is 24.2 Å². The molecule has 124 valence electrons. The number of nitrogens with zero attached hydrogens (tertiary/aromatic N) is 3. The molecule has 1 unspecified atom stereocenters. The summed E-state index contributed by atoms with van der Waals surface area (Å²) < 4.78 is 36.8. The number of esters is 1. The summed E-state index contributed by atoms with van der Waals surface area (Å²) in [6.45, 7) is 1.48. The van der Waals surface area contributed by atoms with Gasteiger partial charge in [-0.2, -0.15) is 18.7 Å². The van der Waals surface area contributed by atoms with E-state index in [0.717, 1.165) is 0 Å². The van der Waals surface area contributed by atoms with Gasteiger partial charge in [0.1, 0.15) is 6.26 Å². The van der Waals surface area contributed by atoms with E-state index in [4.69, 9.17) is 4.42 Å². The van der Waals surface area contributed by atoms with Crippen molar-refractivity contribution in [3.05, 3.63) is 24.4 Å². The summed E-state index contributed by atoms with van der Waals surface area (Å²) >= 11 is 0. The number of carbonyl (C=O) groups is 2. The summed E-state index contributed by atoms with van der Waals surface area (Å²) in [4.78, 5) is 32.9. The zero-order chi connectivity index (χ0) is 16.6. The summed E-state index contributed by atoms with van der Waals surface area (Å²) in [6.07, 6.45) is 0.107. The number of halogens is 2. The lowest BCUT2D eigenvalue weighted by atomic mass is 10.1. The first-order valence-corrected chi connectivity index (χ1v) is 6.85. The van der Waals surface area contributed by atoms with E-state index in [-0.39, 0.29) is 19.7 Å². The van der Waals surface area contributed by atoms with Crippen molar-refractivity contribution >= 4 is 17.6 Å². The Labute approximate surface area is 129 Å². The minimum atomic E-state index is -4.25. The SMILES string of the molecule is CCOC(=O)C(F)(F)ON1C(=O)N2CC(c3ncco3)=CC1C2. The molecule has 2 bridgehead atoms. The summed E-state index contributed by atoms with van der Waals surface area (Å²) in [6, 6.07) is -1.55. The predicted octanol–water partition coefficient (Wildman–Crippen LogP) is 1.27. The van der Waals surface area contributed by atoms with E-state index in [1.165, 1.54) is 24.3 Å². The number of urea groups is 1. The Hall–Kier alpha value is -2.49. The molecule has 0 N–H and O–H groups in total. The number of oxazole rings is 1. The maximum Gasteiger partial charge on any atom is 0.477 e. The van der Waals surface area contributed by atoms with Crippen LogP contribution in [0.3, 0.4) is 0 Å². The largest absolute Gasteiger partial charge is 0.477 e. The van der Waals surface area contributed by atoms with Crippen LogP contribution in [0.4, 0.5) is 13.6 Å². The minimum absolute atomic E-state index is 0.153. The molecule has 1 fully saturated rings. The predicted molar refractivity (Wildman–Crippen MR) is 69.7 cm³/mol. The standard InChI is InChI=1S/C13H13F2N3O5/c1-2-21-11(19)13(14,15)23-18-9-5-8(10-16-3-4-22-10)6-17(7-9)12(18)20/h3-5,9H,2,6-7H2,1H3. The number of carbonyl (C=O) groups excluding carboxylic acids is 2. The highest BCUT2D eigenvalue weighted by atomic mass is 19.3. The Balaban J connectivity index is 1.79. The molecule has 0 aliphatic carbocycles. The van der Waals surface area contributed by atoms with Crippen molar-refractivity contribution in [3.63, 3.8) is 0 Å². The molecule has 2 amide bonds. The molecule has 0 spiro atoms. The van der Waals surface area contributed by atoms with Crippen LogP contribution in [0.1, 0.15) is 12.8 Å². The second kappa shape index (κ2) is 5.61. The van der Waals surface area contributed by atoms with Gasteiger partial charge >= 0.3 is 18.1 Å². The number of rotatable bonds is 5. The van der Waals surface area contributed by atoms with Gasteiger partial charge in [0.25, 0.3) is 0 Å². The molecule has 23 heavy (non-hydrogen) atoms. The fraction of sp³-hybridized carbons (Fsp3) is 0.462. The maximum absolute atomic E-state index is 13.7. The Bertz CT molecular complexity index is 646. The van der Waals surface area contributed by atoms with Gasteiger partial charge in [-0.1, -0.05) is 0 Å². The first kappa shape index (κ1) is 15.4. The van der Waals surface area contributed by atoms with E-state index in [1.807, 2.05) is 0 Å². The normalized spacial score (nSPS) is 20.7. The van der Waals surface area contributed by atoms with Gasteiger partial charge in [-0.15, -0.1) is 0 Å². The van der Waals surface area contributed by atoms with Gasteiger partial charge < -0.3 is 14.1 Å². The van der Waals surface area contributed by atoms with Crippen LogP contribution in [-0.4, -0.2) is 58.8 Å². The van der Waals surface area contributed by atoms with Crippen LogP contribution in [-0.2, 0) is 14.4 Å². The van der Waals surface area contributed by atoms with Crippen LogP contribution in [0.2, 0.25) is 0 Å². The average Bonchev–Trinajstić information content (AvgIpc) is 3.11. The molecule has 2 aliphatic heterocycles. The highest BCUT2D eigenvalue weighted by Crippen LogP contribution is 2.32. The minimum Gasteiger partial charge on any atom is -0.460 e. The molecule has 0 radical (unpaired) electrons. The fourth-order valence-corrected chi connectivity index (χ4v) is 2.41. The molecule has 1 aromatic rings. The fourth-order valence-electron chi connectivity index (χ4n) is 2.41. The topological polar surface area (TPSA) is 85.1 Å². The van der Waals surface area contributed by atoms with Gasteiger partial charge in [0.2, 0.25) is 5.89 Å². The van der Waals surface area contributed by atoms with Gasteiger partial charge in [-0.25, -0.2) is 14.6 Å². The van der Waals surface area contributed by atoms with E-state index >= 15 is 0 Å². The number of ether oxygens (including phenoxy) is 1. The summed E-state index contributed by atoms with van der Waals surface area (Å²) in [5, 5.41) is 0.479. The number of hydrogen-bond donors (Lipinski definition) is 0. The quantitative estimate of drug-likeness (QED) is 0.756. The Kier molecular flexibility index (Phi) is 3.76. The van der Waals surface area contributed by atoms with E-state index in [9.17, 15) is 18.4 Å². The molecule has 2 aliphatic rings.